The van der Waals surface area contributed by atoms with Crippen molar-refractivity contribution >= 4 is 117 Å². The van der Waals surface area contributed by atoms with Crippen molar-refractivity contribution in [1.82, 2.24) is 5.32 Å². The van der Waals surface area contributed by atoms with Crippen LogP contribution in [-0.2, 0) is 87.7 Å². The van der Waals surface area contributed by atoms with Gasteiger partial charge >= 0.3 is 0 Å². The third-order valence-corrected chi connectivity index (χ3v) is 23.7. The molecular formula is C71H77FN5O20S6+. The van der Waals surface area contributed by atoms with Gasteiger partial charge < -0.3 is 20.0 Å². The van der Waals surface area contributed by atoms with Gasteiger partial charge in [-0.1, -0.05) is 86.4 Å². The SMILES string of the molecule is CC1(C)C(/C=C/C2=C(c3ccccc3F)C(=C/C=C3/N(CCCS(=O)(=O)O)c4ccc(N(CCCS(=O)(=O)O)CCCS(=O)(=O)O)cc4C3(C)C)/CC(C(=O)NCCC(=O)N3Cc4ccccc4C#Cc4ccccc43)C2)=[N+](CCCS(=O)(=O)O)c2ccc3c(S(=O)(=O)O)cc(S(=O)(=O)O)cc3c21. The van der Waals surface area contributed by atoms with Crippen molar-refractivity contribution in [2.45, 2.75) is 99.8 Å². The number of anilines is 3. The highest BCUT2D eigenvalue weighted by atomic mass is 32.2. The van der Waals surface area contributed by atoms with E-state index in [9.17, 15) is 82.6 Å². The summed E-state index contributed by atoms with van der Waals surface area (Å²) in [6.07, 6.45) is 5.82. The normalized spacial score (nSPS) is 17.6. The molecule has 3 aliphatic heterocycles. The quantitative estimate of drug-likeness (QED) is 0.0143. The molecule has 0 aromatic heterocycles. The van der Waals surface area contributed by atoms with Gasteiger partial charge in [0.25, 0.3) is 60.7 Å². The maximum absolute atomic E-state index is 17.0. The Labute approximate surface area is 598 Å². The third-order valence-electron chi connectivity index (χ3n) is 18.7. The van der Waals surface area contributed by atoms with Crippen molar-refractivity contribution in [3.63, 3.8) is 0 Å². The molecule has 32 heteroatoms. The lowest BCUT2D eigenvalue weighted by Crippen LogP contribution is -2.37. The van der Waals surface area contributed by atoms with Crippen molar-refractivity contribution in [3.8, 4) is 11.8 Å². The van der Waals surface area contributed by atoms with Crippen LogP contribution < -0.4 is 20.0 Å². The summed E-state index contributed by atoms with van der Waals surface area (Å²) >= 11 is 0. The zero-order chi connectivity index (χ0) is 75.0. The summed E-state index contributed by atoms with van der Waals surface area (Å²) in [7, 11) is -28.3. The van der Waals surface area contributed by atoms with Crippen molar-refractivity contribution in [2.24, 2.45) is 5.92 Å². The Hall–Kier alpha value is -8.30. The number of amides is 2. The molecule has 10 rings (SSSR count). The van der Waals surface area contributed by atoms with E-state index >= 15 is 9.18 Å². The highest BCUT2D eigenvalue weighted by Gasteiger charge is 2.47. The number of benzene rings is 6. The molecule has 6 aromatic carbocycles. The number of nitrogens with one attached hydrogen (secondary N) is 1. The second-order valence-corrected chi connectivity index (χ2v) is 35.7. The van der Waals surface area contributed by atoms with Crippen LogP contribution in [0.1, 0.15) is 106 Å². The van der Waals surface area contributed by atoms with E-state index < -0.39 is 122 Å². The molecule has 1 unspecified atom stereocenters. The Balaban J connectivity index is 1.13. The van der Waals surface area contributed by atoms with Crippen LogP contribution >= 0.6 is 0 Å². The van der Waals surface area contributed by atoms with Gasteiger partial charge in [-0.3, -0.25) is 36.9 Å². The van der Waals surface area contributed by atoms with E-state index in [4.69, 9.17) is 0 Å². The van der Waals surface area contributed by atoms with Crippen LogP contribution in [0.15, 0.2) is 166 Å². The number of carbonyl (C=O) groups is 2. The molecule has 103 heavy (non-hydrogen) atoms. The van der Waals surface area contributed by atoms with Crippen LogP contribution in [-0.4, -0.2) is 156 Å². The van der Waals surface area contributed by atoms with Crippen molar-refractivity contribution in [3.05, 3.63) is 196 Å². The molecule has 1 atom stereocenters. The molecule has 0 bridgehead atoms. The minimum atomic E-state index is -5.19. The highest BCUT2D eigenvalue weighted by molar-refractivity contribution is 7.87. The molecule has 4 aliphatic rings. The summed E-state index contributed by atoms with van der Waals surface area (Å²) in [6, 6.07) is 30.1. The first-order valence-electron chi connectivity index (χ1n) is 32.6. The summed E-state index contributed by atoms with van der Waals surface area (Å²) in [5, 5.41) is 2.78. The molecular weight excluding hydrogens is 1450 g/mol. The average Bonchev–Trinajstić information content (AvgIpc) is 1.43. The van der Waals surface area contributed by atoms with Crippen molar-refractivity contribution < 1.29 is 96.4 Å². The molecule has 0 spiro atoms. The molecule has 1 aliphatic carbocycles. The predicted octanol–water partition coefficient (Wildman–Crippen LogP) is 9.25. The van der Waals surface area contributed by atoms with Crippen LogP contribution in [0.5, 0.6) is 0 Å². The number of allylic oxidation sites excluding steroid dienone is 8. The number of carbonyl (C=O) groups excluding carboxylic acids is 2. The van der Waals surface area contributed by atoms with E-state index in [1.807, 2.05) is 49.1 Å². The molecule has 7 N–H and O–H groups in total. The fourth-order valence-corrected chi connectivity index (χ4v) is 17.4. The van der Waals surface area contributed by atoms with Crippen LogP contribution in [0.3, 0.4) is 0 Å². The first-order chi connectivity index (χ1) is 48.1. The monoisotopic (exact) mass is 1530 g/mol. The molecule has 0 radical (unpaired) electrons. The maximum atomic E-state index is 17.0. The molecule has 3 heterocycles. The predicted molar refractivity (Wildman–Crippen MR) is 389 cm³/mol. The Kier molecular flexibility index (Phi) is 22.6. The molecule has 2 amide bonds. The van der Waals surface area contributed by atoms with E-state index in [2.05, 4.69) is 17.2 Å². The van der Waals surface area contributed by atoms with Gasteiger partial charge in [-0.25, -0.2) is 4.39 Å². The number of rotatable bonds is 27. The summed E-state index contributed by atoms with van der Waals surface area (Å²) in [6.45, 7) is 6.96. The largest absolute Gasteiger partial charge is 0.371 e. The number of nitrogens with zero attached hydrogens (tertiary/aromatic N) is 4. The molecule has 548 valence electrons. The number of para-hydroxylation sites is 1. The van der Waals surface area contributed by atoms with E-state index in [0.29, 0.717) is 62.5 Å². The minimum absolute atomic E-state index is 0.00438. The second-order valence-electron chi connectivity index (χ2n) is 26.6. The van der Waals surface area contributed by atoms with Gasteiger partial charge in [-0.05, 0) is 146 Å². The zero-order valence-electron chi connectivity index (χ0n) is 56.4. The summed E-state index contributed by atoms with van der Waals surface area (Å²) in [4.78, 5) is 33.1. The lowest BCUT2D eigenvalue weighted by Gasteiger charge is -2.30. The fourth-order valence-electron chi connectivity index (χ4n) is 14.0. The maximum Gasteiger partial charge on any atom is 0.295 e. The van der Waals surface area contributed by atoms with Gasteiger partial charge in [-0.2, -0.15) is 55.1 Å². The summed E-state index contributed by atoms with van der Waals surface area (Å²) < 4.78 is 227. The Morgan fingerprint density at radius 2 is 1.25 bits per heavy atom. The van der Waals surface area contributed by atoms with Gasteiger partial charge in [-0.15, -0.1) is 0 Å². The van der Waals surface area contributed by atoms with Crippen LogP contribution in [0.25, 0.3) is 16.3 Å². The van der Waals surface area contributed by atoms with Crippen molar-refractivity contribution in [1.29, 1.82) is 0 Å². The summed E-state index contributed by atoms with van der Waals surface area (Å²) in [5.41, 5.74) is 4.44. The van der Waals surface area contributed by atoms with Gasteiger partial charge in [0.15, 0.2) is 5.71 Å². The zero-order valence-corrected chi connectivity index (χ0v) is 61.3. The highest BCUT2D eigenvalue weighted by Crippen LogP contribution is 2.51. The lowest BCUT2D eigenvalue weighted by molar-refractivity contribution is -0.437. The van der Waals surface area contributed by atoms with Gasteiger partial charge in [0.05, 0.1) is 45.6 Å². The van der Waals surface area contributed by atoms with E-state index in [1.165, 1.54) is 30.3 Å². The standard InChI is InChI=1S/C71H76FN5O20S6/c1-70(2)58-43-53(74(33-11-37-98(80,81)82)34-12-38-99(83,84)85)25-27-61(58)75(35-13-39-100(86,87)88)64(70)29-23-49-41-52(69(79)73-32-31-66(78)77-46-51-17-6-5-15-47(51)21-22-48-16-7-10-20-60(48)77)42-50(67(49)56-18-8-9-19-59(56)72)24-30-65-71(3,4)68-57-44-54(102(92,93)94)45-63(103(95,96)97)55(57)26-28-62(68)76(65)36-14-40-101(89,90)91/h5-10,15-20,23-30,43-45,52H,11-14,31-42,46H2,1-4H3,(H6-,73,79,80,81,82,83,84,85,86,87,88,89,90,91,92,93,94,95,96,97)/p+1. The van der Waals surface area contributed by atoms with E-state index in [0.717, 1.165) is 17.2 Å². The molecule has 6 aromatic rings. The number of fused-ring (bicyclic) bond motifs is 6. The van der Waals surface area contributed by atoms with E-state index in [-0.39, 0.29) is 118 Å². The topological polar surface area (TPSA) is 385 Å². The number of hydrogen-bond donors (Lipinski definition) is 7. The fraction of sp³-hybridized carbons (Fsp3) is 0.338. The lowest BCUT2D eigenvalue weighted by atomic mass is 9.75. The van der Waals surface area contributed by atoms with Gasteiger partial charge in [0.1, 0.15) is 17.3 Å². The second kappa shape index (κ2) is 30.0. The summed E-state index contributed by atoms with van der Waals surface area (Å²) in [5.74, 6) is 1.18. The molecule has 0 saturated carbocycles. The Morgan fingerprint density at radius 3 is 1.90 bits per heavy atom. The van der Waals surface area contributed by atoms with Gasteiger partial charge in [0, 0.05) is 107 Å². The first-order valence-corrected chi connectivity index (χ1v) is 41.9. The molecule has 25 nitrogen and oxygen atoms in total. The van der Waals surface area contributed by atoms with Crippen molar-refractivity contribution in [2.75, 3.05) is 70.4 Å². The first kappa shape index (κ1) is 77.3. The van der Waals surface area contributed by atoms with Gasteiger partial charge in [0.2, 0.25) is 17.5 Å². The van der Waals surface area contributed by atoms with Crippen LogP contribution in [0.4, 0.5) is 27.1 Å². The minimum Gasteiger partial charge on any atom is -0.371 e. The molecule has 0 fully saturated rings. The third kappa shape index (κ3) is 18.3. The van der Waals surface area contributed by atoms with Crippen LogP contribution in [0.2, 0.25) is 0 Å². The van der Waals surface area contributed by atoms with E-state index in [1.54, 1.807) is 95.0 Å². The average molecular weight is 1530 g/mol. The Morgan fingerprint density at radius 1 is 0.641 bits per heavy atom. The van der Waals surface area contributed by atoms with Crippen LogP contribution in [0, 0.1) is 23.6 Å². The number of halogens is 1. The smallest absolute Gasteiger partial charge is 0.295 e. The number of hydrogen-bond acceptors (Lipinski definition) is 16. The Bertz CT molecular complexity index is 5370. The molecule has 0 saturated heterocycles.